The van der Waals surface area contributed by atoms with E-state index < -0.39 is 6.04 Å². The minimum atomic E-state index is -0.540. The Kier molecular flexibility index (Phi) is 9.64. The second-order valence-corrected chi connectivity index (χ2v) is 8.22. The molecule has 1 saturated heterocycles. The smallest absolute Gasteiger partial charge is 0.262 e. The van der Waals surface area contributed by atoms with E-state index in [1.807, 2.05) is 46.7 Å². The number of rotatable bonds is 8. The SMILES string of the molecule is CCNCC1CCN(C(=O)C(Cc2ccccc2)NC(=O)c2cccs2)CC1.Cl. The van der Waals surface area contributed by atoms with Gasteiger partial charge in [0.1, 0.15) is 6.04 Å². The zero-order valence-electron chi connectivity index (χ0n) is 16.8. The van der Waals surface area contributed by atoms with Crippen LogP contribution in [0.1, 0.15) is 35.0 Å². The van der Waals surface area contributed by atoms with Crippen LogP contribution in [-0.4, -0.2) is 48.9 Å². The predicted octanol–water partition coefficient (Wildman–Crippen LogP) is 3.36. The Bertz CT molecular complexity index is 747. The summed E-state index contributed by atoms with van der Waals surface area (Å²) in [4.78, 5) is 28.4. The number of amides is 2. The molecule has 0 radical (unpaired) electrons. The summed E-state index contributed by atoms with van der Waals surface area (Å²) in [6.07, 6.45) is 2.53. The zero-order valence-corrected chi connectivity index (χ0v) is 18.4. The van der Waals surface area contributed by atoms with E-state index in [4.69, 9.17) is 0 Å². The highest BCUT2D eigenvalue weighted by Gasteiger charge is 2.29. The van der Waals surface area contributed by atoms with Crippen LogP contribution in [0.5, 0.6) is 0 Å². The number of thiophene rings is 1. The molecule has 1 unspecified atom stereocenters. The molecule has 0 saturated carbocycles. The maximum Gasteiger partial charge on any atom is 0.262 e. The molecule has 1 fully saturated rings. The van der Waals surface area contributed by atoms with Crippen molar-refractivity contribution in [3.05, 3.63) is 58.3 Å². The topological polar surface area (TPSA) is 61.4 Å². The standard InChI is InChI=1S/C22H29N3O2S.ClH/c1-2-23-16-18-10-12-25(13-11-18)22(27)19(15-17-7-4-3-5-8-17)24-21(26)20-9-6-14-28-20;/h3-9,14,18-19,23H,2,10-13,15-16H2,1H3,(H,24,26);1H. The molecule has 0 aliphatic carbocycles. The third-order valence-electron chi connectivity index (χ3n) is 5.24. The molecular weight excluding hydrogens is 406 g/mol. The summed E-state index contributed by atoms with van der Waals surface area (Å²) in [5.74, 6) is 0.472. The summed E-state index contributed by atoms with van der Waals surface area (Å²) in [5.41, 5.74) is 1.05. The van der Waals surface area contributed by atoms with Crippen molar-refractivity contribution in [1.82, 2.24) is 15.5 Å². The van der Waals surface area contributed by atoms with Gasteiger partial charge in [-0.2, -0.15) is 0 Å². The first-order valence-corrected chi connectivity index (χ1v) is 10.9. The van der Waals surface area contributed by atoms with E-state index in [9.17, 15) is 9.59 Å². The van der Waals surface area contributed by atoms with Crippen LogP contribution in [0, 0.1) is 5.92 Å². The van der Waals surface area contributed by atoms with Crippen molar-refractivity contribution in [1.29, 1.82) is 0 Å². The van der Waals surface area contributed by atoms with Crippen molar-refractivity contribution in [2.45, 2.75) is 32.2 Å². The molecule has 2 N–H and O–H groups in total. The number of benzene rings is 1. The van der Waals surface area contributed by atoms with Crippen LogP contribution in [-0.2, 0) is 11.2 Å². The van der Waals surface area contributed by atoms with Crippen LogP contribution in [0.2, 0.25) is 0 Å². The van der Waals surface area contributed by atoms with E-state index in [1.165, 1.54) is 11.3 Å². The largest absolute Gasteiger partial charge is 0.341 e. The van der Waals surface area contributed by atoms with E-state index >= 15 is 0 Å². The van der Waals surface area contributed by atoms with Crippen LogP contribution >= 0.6 is 23.7 Å². The number of nitrogens with one attached hydrogen (secondary N) is 2. The lowest BCUT2D eigenvalue weighted by atomic mass is 9.95. The van der Waals surface area contributed by atoms with Gasteiger partial charge in [0.2, 0.25) is 5.91 Å². The maximum absolute atomic E-state index is 13.2. The van der Waals surface area contributed by atoms with E-state index in [0.717, 1.165) is 44.6 Å². The minimum Gasteiger partial charge on any atom is -0.341 e. The Balaban J connectivity index is 0.00000300. The van der Waals surface area contributed by atoms with Crippen molar-refractivity contribution < 1.29 is 9.59 Å². The highest BCUT2D eigenvalue weighted by molar-refractivity contribution is 7.12. The molecule has 2 aromatic rings. The van der Waals surface area contributed by atoms with Crippen LogP contribution in [0.4, 0.5) is 0 Å². The van der Waals surface area contributed by atoms with Gasteiger partial charge in [0.05, 0.1) is 4.88 Å². The third-order valence-corrected chi connectivity index (χ3v) is 6.11. The minimum absolute atomic E-state index is 0. The Morgan fingerprint density at radius 3 is 2.48 bits per heavy atom. The molecule has 3 rings (SSSR count). The lowest BCUT2D eigenvalue weighted by Crippen LogP contribution is -2.52. The second-order valence-electron chi connectivity index (χ2n) is 7.27. The monoisotopic (exact) mass is 435 g/mol. The van der Waals surface area contributed by atoms with Gasteiger partial charge in [0.15, 0.2) is 0 Å². The molecule has 1 atom stereocenters. The lowest BCUT2D eigenvalue weighted by molar-refractivity contribution is -0.134. The number of carbonyl (C=O) groups is 2. The number of nitrogens with zero attached hydrogens (tertiary/aromatic N) is 1. The van der Waals surface area contributed by atoms with Crippen LogP contribution in [0.25, 0.3) is 0 Å². The number of hydrogen-bond acceptors (Lipinski definition) is 4. The van der Waals surface area contributed by atoms with Gasteiger partial charge < -0.3 is 15.5 Å². The van der Waals surface area contributed by atoms with Crippen LogP contribution in [0.15, 0.2) is 47.8 Å². The molecule has 158 valence electrons. The number of likely N-dealkylation sites (tertiary alicyclic amines) is 1. The van der Waals surface area contributed by atoms with E-state index in [2.05, 4.69) is 17.6 Å². The summed E-state index contributed by atoms with van der Waals surface area (Å²) in [6.45, 7) is 5.63. The first-order valence-electron chi connectivity index (χ1n) is 10.0. The number of hydrogen-bond donors (Lipinski definition) is 2. The van der Waals surface area contributed by atoms with Crippen molar-refractivity contribution >= 4 is 35.6 Å². The van der Waals surface area contributed by atoms with Crippen LogP contribution < -0.4 is 10.6 Å². The van der Waals surface area contributed by atoms with Gasteiger partial charge in [-0.05, 0) is 48.9 Å². The first kappa shape index (κ1) is 23.4. The van der Waals surface area contributed by atoms with Gasteiger partial charge in [0.25, 0.3) is 5.91 Å². The molecule has 5 nitrogen and oxygen atoms in total. The molecule has 1 aliphatic rings. The zero-order chi connectivity index (χ0) is 19.8. The molecule has 7 heteroatoms. The van der Waals surface area contributed by atoms with Gasteiger partial charge in [-0.1, -0.05) is 43.3 Å². The number of piperidine rings is 1. The van der Waals surface area contributed by atoms with Gasteiger partial charge in [-0.15, -0.1) is 23.7 Å². The quantitative estimate of drug-likeness (QED) is 0.668. The van der Waals surface area contributed by atoms with Crippen LogP contribution in [0.3, 0.4) is 0 Å². The van der Waals surface area contributed by atoms with Gasteiger partial charge >= 0.3 is 0 Å². The molecule has 0 spiro atoms. The molecule has 2 heterocycles. The Morgan fingerprint density at radius 1 is 1.14 bits per heavy atom. The fraction of sp³-hybridized carbons (Fsp3) is 0.455. The summed E-state index contributed by atoms with van der Waals surface area (Å²) in [7, 11) is 0. The summed E-state index contributed by atoms with van der Waals surface area (Å²) in [5, 5.41) is 8.25. The van der Waals surface area contributed by atoms with E-state index in [-0.39, 0.29) is 24.2 Å². The first-order chi connectivity index (χ1) is 13.7. The highest BCUT2D eigenvalue weighted by atomic mass is 35.5. The Hall–Kier alpha value is -1.89. The Labute approximate surface area is 183 Å². The van der Waals surface area contributed by atoms with Gasteiger partial charge in [-0.25, -0.2) is 0 Å². The molecule has 1 aromatic heterocycles. The van der Waals surface area contributed by atoms with Gasteiger partial charge in [0, 0.05) is 19.5 Å². The second kappa shape index (κ2) is 12.0. The molecule has 1 aromatic carbocycles. The van der Waals surface area contributed by atoms with Crippen molar-refractivity contribution in [2.24, 2.45) is 5.92 Å². The lowest BCUT2D eigenvalue weighted by Gasteiger charge is -2.34. The average Bonchev–Trinajstić information content (AvgIpc) is 3.27. The molecule has 0 bridgehead atoms. The number of carbonyl (C=O) groups excluding carboxylic acids is 2. The summed E-state index contributed by atoms with van der Waals surface area (Å²) in [6, 6.07) is 13.0. The fourth-order valence-electron chi connectivity index (χ4n) is 3.61. The normalized spacial score (nSPS) is 15.4. The molecular formula is C22H30ClN3O2S. The molecule has 2 amide bonds. The highest BCUT2D eigenvalue weighted by Crippen LogP contribution is 2.18. The fourth-order valence-corrected chi connectivity index (χ4v) is 4.24. The summed E-state index contributed by atoms with van der Waals surface area (Å²) >= 11 is 1.39. The third kappa shape index (κ3) is 6.84. The summed E-state index contributed by atoms with van der Waals surface area (Å²) < 4.78 is 0. The van der Waals surface area contributed by atoms with Gasteiger partial charge in [-0.3, -0.25) is 9.59 Å². The number of halogens is 1. The molecule has 1 aliphatic heterocycles. The Morgan fingerprint density at radius 2 is 1.86 bits per heavy atom. The van der Waals surface area contributed by atoms with E-state index in [1.54, 1.807) is 6.07 Å². The van der Waals surface area contributed by atoms with Crippen molar-refractivity contribution in [3.63, 3.8) is 0 Å². The van der Waals surface area contributed by atoms with E-state index in [0.29, 0.717) is 17.2 Å². The molecule has 29 heavy (non-hydrogen) atoms. The van der Waals surface area contributed by atoms with Crippen molar-refractivity contribution in [3.8, 4) is 0 Å². The maximum atomic E-state index is 13.2. The predicted molar refractivity (Wildman–Crippen MR) is 121 cm³/mol. The average molecular weight is 436 g/mol. The van der Waals surface area contributed by atoms with Crippen molar-refractivity contribution in [2.75, 3.05) is 26.2 Å².